The smallest absolute Gasteiger partial charge is 0.236 e. The Morgan fingerprint density at radius 2 is 1.86 bits per heavy atom. The molecule has 150 valence electrons. The summed E-state index contributed by atoms with van der Waals surface area (Å²) < 4.78 is 7.03. The van der Waals surface area contributed by atoms with Crippen LogP contribution in [0.2, 0.25) is 0 Å². The standard InChI is InChI=1S/C21H23N5O2S/c1-13-4-8-16(9-5-13)18-19(29-21-24-23-14(2)26(21)25-18)20(27)22-12-15-6-10-17(28-3)11-7-15/h4-11,18-19,25H,12H2,1-3H3,(H,22,27)/t18-,19-/m1/s1. The van der Waals surface area contributed by atoms with Crippen molar-refractivity contribution < 1.29 is 9.53 Å². The Morgan fingerprint density at radius 3 is 2.55 bits per heavy atom. The lowest BCUT2D eigenvalue weighted by atomic mass is 10.0. The molecular weight excluding hydrogens is 386 g/mol. The number of ether oxygens (including phenoxy) is 1. The molecule has 2 aromatic carbocycles. The second-order valence-corrected chi connectivity index (χ2v) is 8.10. The molecular formula is C21H23N5O2S. The number of benzene rings is 2. The van der Waals surface area contributed by atoms with Gasteiger partial charge < -0.3 is 15.5 Å². The van der Waals surface area contributed by atoms with Crippen molar-refractivity contribution in [3.63, 3.8) is 0 Å². The number of nitrogens with zero attached hydrogens (tertiary/aromatic N) is 3. The van der Waals surface area contributed by atoms with Gasteiger partial charge in [-0.1, -0.05) is 53.7 Å². The van der Waals surface area contributed by atoms with E-state index in [1.807, 2.05) is 42.8 Å². The Bertz CT molecular complexity index is 1000. The van der Waals surface area contributed by atoms with Crippen molar-refractivity contribution in [1.82, 2.24) is 20.2 Å². The average Bonchev–Trinajstić information content (AvgIpc) is 3.12. The lowest BCUT2D eigenvalue weighted by Gasteiger charge is -2.32. The summed E-state index contributed by atoms with van der Waals surface area (Å²) in [6.07, 6.45) is 0. The van der Waals surface area contributed by atoms with Crippen LogP contribution in [0.25, 0.3) is 0 Å². The Balaban J connectivity index is 1.54. The van der Waals surface area contributed by atoms with E-state index in [9.17, 15) is 4.79 Å². The van der Waals surface area contributed by atoms with Crippen molar-refractivity contribution >= 4 is 17.7 Å². The number of thioether (sulfide) groups is 1. The third-order valence-electron chi connectivity index (χ3n) is 4.92. The van der Waals surface area contributed by atoms with Gasteiger partial charge in [-0.05, 0) is 37.1 Å². The molecule has 0 radical (unpaired) electrons. The number of aryl methyl sites for hydroxylation is 2. The van der Waals surface area contributed by atoms with Gasteiger partial charge in [0.2, 0.25) is 11.1 Å². The molecule has 29 heavy (non-hydrogen) atoms. The number of carbonyl (C=O) groups excluding carboxylic acids is 1. The molecule has 1 aliphatic heterocycles. The van der Waals surface area contributed by atoms with Gasteiger partial charge in [0.25, 0.3) is 0 Å². The number of methoxy groups -OCH3 is 1. The van der Waals surface area contributed by atoms with Crippen LogP contribution in [0.1, 0.15) is 28.6 Å². The van der Waals surface area contributed by atoms with Gasteiger partial charge in [0.15, 0.2) is 0 Å². The van der Waals surface area contributed by atoms with Crippen molar-refractivity contribution in [2.45, 2.75) is 36.8 Å². The first-order chi connectivity index (χ1) is 14.0. The SMILES string of the molecule is COc1ccc(CNC(=O)[C@@H]2Sc3nnc(C)n3N[C@@H]2c2ccc(C)cc2)cc1. The highest BCUT2D eigenvalue weighted by atomic mass is 32.2. The lowest BCUT2D eigenvalue weighted by molar-refractivity contribution is -0.121. The number of fused-ring (bicyclic) bond motifs is 1. The van der Waals surface area contributed by atoms with Gasteiger partial charge in [-0.25, -0.2) is 4.68 Å². The highest BCUT2D eigenvalue weighted by Crippen LogP contribution is 2.37. The molecule has 0 bridgehead atoms. The zero-order chi connectivity index (χ0) is 20.4. The third-order valence-corrected chi connectivity index (χ3v) is 6.13. The molecule has 2 atom stereocenters. The minimum Gasteiger partial charge on any atom is -0.497 e. The summed E-state index contributed by atoms with van der Waals surface area (Å²) in [5.41, 5.74) is 6.66. The van der Waals surface area contributed by atoms with Crippen LogP contribution in [-0.2, 0) is 11.3 Å². The average molecular weight is 410 g/mol. The molecule has 2 heterocycles. The molecule has 0 unspecified atom stereocenters. The normalized spacial score (nSPS) is 17.9. The lowest BCUT2D eigenvalue weighted by Crippen LogP contribution is -2.44. The van der Waals surface area contributed by atoms with Gasteiger partial charge in [0, 0.05) is 6.54 Å². The fourth-order valence-corrected chi connectivity index (χ4v) is 4.37. The van der Waals surface area contributed by atoms with Crippen LogP contribution in [0, 0.1) is 13.8 Å². The fraction of sp³-hybridized carbons (Fsp3) is 0.286. The Morgan fingerprint density at radius 1 is 1.14 bits per heavy atom. The maximum Gasteiger partial charge on any atom is 0.236 e. The van der Waals surface area contributed by atoms with Gasteiger partial charge in [0.05, 0.1) is 13.2 Å². The number of hydrogen-bond acceptors (Lipinski definition) is 6. The Hall–Kier alpha value is -3.00. The van der Waals surface area contributed by atoms with Gasteiger partial charge in [-0.2, -0.15) is 0 Å². The molecule has 0 spiro atoms. The quantitative estimate of drug-likeness (QED) is 0.674. The van der Waals surface area contributed by atoms with Crippen molar-refractivity contribution in [2.75, 3.05) is 12.5 Å². The van der Waals surface area contributed by atoms with E-state index >= 15 is 0 Å². The molecule has 0 saturated carbocycles. The van der Waals surface area contributed by atoms with E-state index in [1.54, 1.807) is 7.11 Å². The van der Waals surface area contributed by atoms with Gasteiger partial charge >= 0.3 is 0 Å². The number of aromatic nitrogens is 3. The van der Waals surface area contributed by atoms with E-state index in [2.05, 4.69) is 45.2 Å². The molecule has 0 fully saturated rings. The number of nitrogens with one attached hydrogen (secondary N) is 2. The predicted molar refractivity (Wildman–Crippen MR) is 113 cm³/mol. The Labute approximate surface area is 173 Å². The predicted octanol–water partition coefficient (Wildman–Crippen LogP) is 2.98. The molecule has 0 aliphatic carbocycles. The first-order valence-corrected chi connectivity index (χ1v) is 10.3. The fourth-order valence-electron chi connectivity index (χ4n) is 3.22. The van der Waals surface area contributed by atoms with Crippen LogP contribution in [-0.4, -0.2) is 33.1 Å². The molecule has 8 heteroatoms. The molecule has 7 nitrogen and oxygen atoms in total. The van der Waals surface area contributed by atoms with Crippen LogP contribution >= 0.6 is 11.8 Å². The first-order valence-electron chi connectivity index (χ1n) is 9.37. The largest absolute Gasteiger partial charge is 0.497 e. The zero-order valence-electron chi connectivity index (χ0n) is 16.5. The van der Waals surface area contributed by atoms with Crippen LogP contribution < -0.4 is 15.5 Å². The Kier molecular flexibility index (Phi) is 5.44. The summed E-state index contributed by atoms with van der Waals surface area (Å²) in [5.74, 6) is 1.51. The van der Waals surface area contributed by atoms with Gasteiger partial charge in [0.1, 0.15) is 16.8 Å². The summed E-state index contributed by atoms with van der Waals surface area (Å²) in [6, 6.07) is 15.7. The van der Waals surface area contributed by atoms with E-state index in [-0.39, 0.29) is 17.2 Å². The van der Waals surface area contributed by atoms with E-state index in [0.717, 1.165) is 22.7 Å². The van der Waals surface area contributed by atoms with E-state index in [0.29, 0.717) is 11.7 Å². The first kappa shape index (κ1) is 19.3. The maximum atomic E-state index is 13.1. The van der Waals surface area contributed by atoms with E-state index in [1.165, 1.54) is 17.3 Å². The summed E-state index contributed by atoms with van der Waals surface area (Å²) in [6.45, 7) is 4.39. The summed E-state index contributed by atoms with van der Waals surface area (Å²) in [5, 5.41) is 11.7. The molecule has 1 aliphatic rings. The van der Waals surface area contributed by atoms with E-state index in [4.69, 9.17) is 4.74 Å². The molecule has 1 amide bonds. The number of rotatable bonds is 5. The number of carbonyl (C=O) groups is 1. The topological polar surface area (TPSA) is 81.1 Å². The van der Waals surface area contributed by atoms with Crippen molar-refractivity contribution in [3.05, 3.63) is 71.0 Å². The van der Waals surface area contributed by atoms with Crippen LogP contribution in [0.4, 0.5) is 0 Å². The second-order valence-electron chi connectivity index (χ2n) is 6.99. The monoisotopic (exact) mass is 409 g/mol. The summed E-state index contributed by atoms with van der Waals surface area (Å²) >= 11 is 1.43. The highest BCUT2D eigenvalue weighted by Gasteiger charge is 2.37. The molecule has 1 aromatic heterocycles. The zero-order valence-corrected chi connectivity index (χ0v) is 17.4. The van der Waals surface area contributed by atoms with Crippen LogP contribution in [0.5, 0.6) is 5.75 Å². The second kappa shape index (κ2) is 8.16. The number of hydrogen-bond donors (Lipinski definition) is 2. The molecule has 2 N–H and O–H groups in total. The van der Waals surface area contributed by atoms with Crippen molar-refractivity contribution in [1.29, 1.82) is 0 Å². The minimum absolute atomic E-state index is 0.0456. The van der Waals surface area contributed by atoms with E-state index < -0.39 is 0 Å². The van der Waals surface area contributed by atoms with Crippen LogP contribution in [0.3, 0.4) is 0 Å². The summed E-state index contributed by atoms with van der Waals surface area (Å²) in [7, 11) is 1.63. The molecule has 4 rings (SSSR count). The minimum atomic E-state index is -0.368. The summed E-state index contributed by atoms with van der Waals surface area (Å²) in [4.78, 5) is 13.1. The maximum absolute atomic E-state index is 13.1. The van der Waals surface area contributed by atoms with Crippen molar-refractivity contribution in [2.24, 2.45) is 0 Å². The van der Waals surface area contributed by atoms with Crippen LogP contribution in [0.15, 0.2) is 53.7 Å². The number of amides is 1. The van der Waals surface area contributed by atoms with Gasteiger partial charge in [-0.15, -0.1) is 10.2 Å². The third kappa shape index (κ3) is 4.07. The highest BCUT2D eigenvalue weighted by molar-refractivity contribution is 8.00. The van der Waals surface area contributed by atoms with Gasteiger partial charge in [-0.3, -0.25) is 4.79 Å². The molecule has 3 aromatic rings. The molecule has 0 saturated heterocycles. The van der Waals surface area contributed by atoms with Crippen molar-refractivity contribution in [3.8, 4) is 5.75 Å².